The molecule has 4 rings (SSSR count). The third kappa shape index (κ3) is 9.11. The van der Waals surface area contributed by atoms with E-state index in [1.54, 1.807) is 41.5 Å². The van der Waals surface area contributed by atoms with Gasteiger partial charge in [-0.2, -0.15) is 0 Å². The van der Waals surface area contributed by atoms with Gasteiger partial charge in [-0.15, -0.1) is 0 Å². The van der Waals surface area contributed by atoms with Crippen LogP contribution >= 0.6 is 70.6 Å². The second-order valence-electron chi connectivity index (χ2n) is 10.5. The lowest BCUT2D eigenvalue weighted by Gasteiger charge is -2.18. The number of carbonyl (C=O) groups is 6. The van der Waals surface area contributed by atoms with Crippen molar-refractivity contribution in [2.45, 2.75) is 109 Å². The molecule has 252 valence electrons. The topological polar surface area (TPSA) is 102 Å². The van der Waals surface area contributed by atoms with Gasteiger partial charge in [-0.05, 0) is 68.7 Å². The minimum absolute atomic E-state index is 0.0363. The highest BCUT2D eigenvalue weighted by molar-refractivity contribution is 8.17. The predicted octanol–water partition coefficient (Wildman–Crippen LogP) is 11.3. The van der Waals surface area contributed by atoms with Crippen LogP contribution < -0.4 is 0 Å². The maximum atomic E-state index is 12.7. The number of benzene rings is 4. The van der Waals surface area contributed by atoms with Gasteiger partial charge in [0.2, 0.25) is 0 Å². The van der Waals surface area contributed by atoms with E-state index >= 15 is 0 Å². The second kappa shape index (κ2) is 17.6. The van der Waals surface area contributed by atoms with Crippen molar-refractivity contribution in [2.24, 2.45) is 0 Å². The van der Waals surface area contributed by atoms with Crippen LogP contribution in [-0.2, 0) is 28.8 Å². The van der Waals surface area contributed by atoms with Crippen LogP contribution in [-0.4, -0.2) is 30.7 Å². The summed E-state index contributed by atoms with van der Waals surface area (Å²) >= 11 is 6.61. The molecule has 0 unspecified atom stereocenters. The smallest absolute Gasteiger partial charge is 0.193 e. The van der Waals surface area contributed by atoms with Crippen LogP contribution in [0.1, 0.15) is 80.1 Å². The van der Waals surface area contributed by atoms with Crippen LogP contribution in [0, 0.1) is 0 Å². The van der Waals surface area contributed by atoms with E-state index < -0.39 is 0 Å². The summed E-state index contributed by atoms with van der Waals surface area (Å²) in [7, 11) is 0. The number of carbonyl (C=O) groups excluding carboxylic acids is 6. The van der Waals surface area contributed by atoms with E-state index in [0.29, 0.717) is 67.9 Å². The summed E-state index contributed by atoms with van der Waals surface area (Å²) in [5.74, 6) is 0. The lowest BCUT2D eigenvalue weighted by atomic mass is 9.94. The van der Waals surface area contributed by atoms with Gasteiger partial charge in [0.25, 0.3) is 0 Å². The summed E-state index contributed by atoms with van der Waals surface area (Å²) in [5, 5.41) is 4.64. The van der Waals surface area contributed by atoms with Gasteiger partial charge in [0, 0.05) is 67.9 Å². The molecule has 0 bridgehead atoms. The van der Waals surface area contributed by atoms with E-state index in [1.165, 1.54) is 0 Å². The lowest BCUT2D eigenvalue weighted by molar-refractivity contribution is -0.111. The van der Waals surface area contributed by atoms with Crippen molar-refractivity contribution in [1.29, 1.82) is 0 Å². The SMILES string of the molecule is CCC(=O)Sc1cc2c3cc(SC(=O)CC)c(SC(=O)CC)cc3c3cc(SC(=O)CC)c(SC(=O)CC)cc3c2cc1SC(=O)CC. The average Bonchev–Trinajstić information content (AvgIpc) is 3.08. The predicted molar refractivity (Wildman–Crippen MR) is 206 cm³/mol. The normalized spacial score (nSPS) is 11.4. The van der Waals surface area contributed by atoms with E-state index in [0.717, 1.165) is 103 Å². The fraction of sp³-hybridized carbons (Fsp3) is 0.333. The Morgan fingerprint density at radius 2 is 0.438 bits per heavy atom. The third-order valence-corrected chi connectivity index (χ3v) is 14.0. The highest BCUT2D eigenvalue weighted by Crippen LogP contribution is 2.47. The minimum atomic E-state index is -0.0363. The molecule has 0 atom stereocenters. The first-order valence-corrected chi connectivity index (χ1v) is 20.7. The zero-order chi connectivity index (χ0) is 35.1. The first kappa shape index (κ1) is 38.6. The van der Waals surface area contributed by atoms with Crippen molar-refractivity contribution < 1.29 is 28.8 Å². The first-order valence-electron chi connectivity index (χ1n) is 15.8. The molecule has 0 N–H and O–H groups in total. The number of rotatable bonds is 12. The summed E-state index contributed by atoms with van der Waals surface area (Å²) in [6.45, 7) is 10.8. The molecule has 12 heteroatoms. The fourth-order valence-corrected chi connectivity index (χ4v) is 9.77. The van der Waals surface area contributed by atoms with Gasteiger partial charge in [-0.1, -0.05) is 112 Å². The molecule has 0 aliphatic carbocycles. The number of hydrogen-bond donors (Lipinski definition) is 0. The first-order chi connectivity index (χ1) is 23.0. The molecule has 0 saturated carbocycles. The van der Waals surface area contributed by atoms with Crippen molar-refractivity contribution in [3.8, 4) is 0 Å². The van der Waals surface area contributed by atoms with E-state index in [-0.39, 0.29) is 30.7 Å². The van der Waals surface area contributed by atoms with Gasteiger partial charge in [0.05, 0.1) is 0 Å². The molecule has 0 aromatic heterocycles. The van der Waals surface area contributed by atoms with Crippen LogP contribution in [0.3, 0.4) is 0 Å². The number of thioether (sulfide) groups is 6. The quantitative estimate of drug-likeness (QED) is 0.101. The molecule has 6 nitrogen and oxygen atoms in total. The average molecular weight is 757 g/mol. The Bertz CT molecular complexity index is 1580. The van der Waals surface area contributed by atoms with Gasteiger partial charge >= 0.3 is 0 Å². The summed E-state index contributed by atoms with van der Waals surface area (Å²) < 4.78 is 0. The van der Waals surface area contributed by atoms with Crippen LogP contribution in [0.4, 0.5) is 0 Å². The Balaban J connectivity index is 2.24. The summed E-state index contributed by atoms with van der Waals surface area (Å²) in [5.41, 5.74) is 0. The van der Waals surface area contributed by atoms with E-state index in [9.17, 15) is 28.8 Å². The Hall–Kier alpha value is -2.22. The molecule has 0 spiro atoms. The standard InChI is InChI=1S/C36H36O6S6/c1-7-31(37)43-25-13-19-20(14-26(25)44-32(38)8-2)22-16-28(46-34(40)10-4)30(48-36(42)12-6)18-24(22)23-17-29(47-35(41)11-5)27(15-21(19)23)45-33(39)9-3/h13-18H,7-12H2,1-6H3. The zero-order valence-electron chi connectivity index (χ0n) is 27.6. The third-order valence-electron chi connectivity index (χ3n) is 7.20. The van der Waals surface area contributed by atoms with E-state index in [2.05, 4.69) is 0 Å². The molecule has 48 heavy (non-hydrogen) atoms. The van der Waals surface area contributed by atoms with E-state index in [4.69, 9.17) is 0 Å². The monoisotopic (exact) mass is 756 g/mol. The molecule has 0 fully saturated rings. The second-order valence-corrected chi connectivity index (χ2v) is 17.1. The van der Waals surface area contributed by atoms with Gasteiger partial charge in [0.15, 0.2) is 30.7 Å². The maximum Gasteiger partial charge on any atom is 0.193 e. The van der Waals surface area contributed by atoms with Gasteiger partial charge in [-0.25, -0.2) is 0 Å². The van der Waals surface area contributed by atoms with Gasteiger partial charge in [-0.3, -0.25) is 28.8 Å². The summed E-state index contributed by atoms with van der Waals surface area (Å²) in [4.78, 5) is 80.4. The van der Waals surface area contributed by atoms with Gasteiger partial charge < -0.3 is 0 Å². The Morgan fingerprint density at radius 3 is 0.542 bits per heavy atom. The van der Waals surface area contributed by atoms with Crippen molar-refractivity contribution in [3.05, 3.63) is 36.4 Å². The fourth-order valence-electron chi connectivity index (χ4n) is 4.66. The number of fused-ring (bicyclic) bond motifs is 6. The highest BCUT2D eigenvalue weighted by Gasteiger charge is 2.22. The molecule has 0 amide bonds. The molecule has 0 radical (unpaired) electrons. The van der Waals surface area contributed by atoms with E-state index in [1.807, 2.05) is 36.4 Å². The molecular weight excluding hydrogens is 721 g/mol. The molecular formula is C36H36O6S6. The molecule has 0 aliphatic rings. The summed E-state index contributed by atoms with van der Waals surface area (Å²) in [6.07, 6.45) is 1.93. The van der Waals surface area contributed by atoms with Crippen molar-refractivity contribution in [3.63, 3.8) is 0 Å². The number of hydrogen-bond acceptors (Lipinski definition) is 12. The highest BCUT2D eigenvalue weighted by atomic mass is 32.2. The summed E-state index contributed by atoms with van der Waals surface area (Å²) in [6, 6.07) is 11.6. The Labute approximate surface area is 306 Å². The zero-order valence-corrected chi connectivity index (χ0v) is 32.5. The van der Waals surface area contributed by atoms with Crippen molar-refractivity contribution >= 4 is 134 Å². The van der Waals surface area contributed by atoms with Crippen LogP contribution in [0.5, 0.6) is 0 Å². The minimum Gasteiger partial charge on any atom is -0.287 e. The van der Waals surface area contributed by atoms with Crippen LogP contribution in [0.2, 0.25) is 0 Å². The molecule has 4 aromatic carbocycles. The maximum absolute atomic E-state index is 12.7. The molecule has 0 saturated heterocycles. The Kier molecular flexibility index (Phi) is 14.2. The molecule has 4 aromatic rings. The van der Waals surface area contributed by atoms with Crippen molar-refractivity contribution in [2.75, 3.05) is 0 Å². The van der Waals surface area contributed by atoms with Crippen LogP contribution in [0.25, 0.3) is 32.3 Å². The van der Waals surface area contributed by atoms with Gasteiger partial charge in [0.1, 0.15) is 0 Å². The molecule has 0 aliphatic heterocycles. The van der Waals surface area contributed by atoms with Crippen LogP contribution in [0.15, 0.2) is 65.8 Å². The largest absolute Gasteiger partial charge is 0.287 e. The lowest BCUT2D eigenvalue weighted by Crippen LogP contribution is -1.97. The van der Waals surface area contributed by atoms with Crippen molar-refractivity contribution in [1.82, 2.24) is 0 Å². The molecule has 0 heterocycles. The Morgan fingerprint density at radius 1 is 0.312 bits per heavy atom.